The molecule has 2 fully saturated rings. The minimum absolute atomic E-state index is 0.000291. The molecule has 0 aliphatic carbocycles. The van der Waals surface area contributed by atoms with Crippen LogP contribution in [-0.2, 0) is 0 Å². The molecule has 3 atom stereocenters. The van der Waals surface area contributed by atoms with Gasteiger partial charge in [-0.1, -0.05) is 12.1 Å². The van der Waals surface area contributed by atoms with Gasteiger partial charge in [0, 0.05) is 51.8 Å². The van der Waals surface area contributed by atoms with Gasteiger partial charge in [0.2, 0.25) is 0 Å². The van der Waals surface area contributed by atoms with Crippen LogP contribution < -0.4 is 5.69 Å². The predicted molar refractivity (Wildman–Crippen MR) is 99.2 cm³/mol. The average molecular weight is 387 g/mol. The van der Waals surface area contributed by atoms with E-state index in [1.165, 1.54) is 23.2 Å². The van der Waals surface area contributed by atoms with Gasteiger partial charge in [-0.2, -0.15) is 0 Å². The summed E-state index contributed by atoms with van der Waals surface area (Å²) in [4.78, 5) is 46.6. The van der Waals surface area contributed by atoms with Crippen LogP contribution in [0.5, 0.6) is 0 Å². The highest BCUT2D eigenvalue weighted by Gasteiger charge is 2.50. The van der Waals surface area contributed by atoms with Crippen LogP contribution in [0.1, 0.15) is 22.1 Å². The van der Waals surface area contributed by atoms with E-state index < -0.39 is 5.69 Å². The summed E-state index contributed by atoms with van der Waals surface area (Å²) in [5.74, 6) is -0.516. The summed E-state index contributed by atoms with van der Waals surface area (Å²) in [5, 5.41) is 0. The fourth-order valence-corrected chi connectivity index (χ4v) is 4.40. The number of carbonyl (C=O) groups is 2. The molecule has 2 aliphatic rings. The van der Waals surface area contributed by atoms with Crippen molar-refractivity contribution in [1.29, 1.82) is 0 Å². The first-order chi connectivity index (χ1) is 13.3. The van der Waals surface area contributed by atoms with Gasteiger partial charge in [-0.3, -0.25) is 4.79 Å². The lowest BCUT2D eigenvalue weighted by Gasteiger charge is -2.31. The number of aromatic amines is 2. The zero-order valence-corrected chi connectivity index (χ0v) is 15.7. The molecule has 3 amide bonds. The van der Waals surface area contributed by atoms with E-state index in [2.05, 4.69) is 9.97 Å². The van der Waals surface area contributed by atoms with Crippen LogP contribution >= 0.6 is 0 Å². The maximum atomic E-state index is 13.9. The average Bonchev–Trinajstić information content (AvgIpc) is 3.34. The number of imidazole rings is 1. The standard InChI is InChI=1S/C19H22FN5O3/c1-23(2)19(28)25-9-12-8-24(17(26)15-7-21-18(27)22-15)10-14(12)16(25)11-4-3-5-13(20)6-11/h3-7,12,14,16H,8-10H2,1-2H3,(H2,21,22,27)/t12-,14-,16-/m1/s1. The summed E-state index contributed by atoms with van der Waals surface area (Å²) < 4.78 is 13.9. The molecule has 28 heavy (non-hydrogen) atoms. The van der Waals surface area contributed by atoms with Crippen molar-refractivity contribution in [2.75, 3.05) is 33.7 Å². The van der Waals surface area contributed by atoms with Crippen LogP contribution in [0.3, 0.4) is 0 Å². The van der Waals surface area contributed by atoms with Gasteiger partial charge in [0.15, 0.2) is 0 Å². The van der Waals surface area contributed by atoms with E-state index in [1.807, 2.05) is 6.07 Å². The Morgan fingerprint density at radius 1 is 1.21 bits per heavy atom. The van der Waals surface area contributed by atoms with Crippen LogP contribution in [-0.4, -0.2) is 70.3 Å². The van der Waals surface area contributed by atoms with Crippen LogP contribution in [0.15, 0.2) is 35.3 Å². The minimum atomic E-state index is -0.428. The summed E-state index contributed by atoms with van der Waals surface area (Å²) >= 11 is 0. The number of H-pyrrole nitrogens is 2. The summed E-state index contributed by atoms with van der Waals surface area (Å²) in [7, 11) is 3.38. The molecule has 2 aliphatic heterocycles. The molecule has 8 nitrogen and oxygen atoms in total. The van der Waals surface area contributed by atoms with E-state index >= 15 is 0 Å². The molecule has 0 spiro atoms. The molecule has 9 heteroatoms. The molecule has 0 radical (unpaired) electrons. The molecule has 148 valence electrons. The fraction of sp³-hybridized carbons (Fsp3) is 0.421. The number of rotatable bonds is 2. The van der Waals surface area contributed by atoms with E-state index in [9.17, 15) is 18.8 Å². The van der Waals surface area contributed by atoms with Crippen molar-refractivity contribution in [2.45, 2.75) is 6.04 Å². The van der Waals surface area contributed by atoms with Crippen LogP contribution in [0, 0.1) is 17.7 Å². The van der Waals surface area contributed by atoms with Crippen molar-refractivity contribution in [3.63, 3.8) is 0 Å². The van der Waals surface area contributed by atoms with Gasteiger partial charge >= 0.3 is 11.7 Å². The van der Waals surface area contributed by atoms with Gasteiger partial charge in [0.05, 0.1) is 6.04 Å². The Hall–Kier alpha value is -3.10. The molecule has 1 aromatic heterocycles. The summed E-state index contributed by atoms with van der Waals surface area (Å²) in [6.07, 6.45) is 1.37. The molecule has 2 saturated heterocycles. The molecule has 2 aromatic rings. The van der Waals surface area contributed by atoms with Gasteiger partial charge in [0.1, 0.15) is 11.5 Å². The molecular weight excluding hydrogens is 365 g/mol. The van der Waals surface area contributed by atoms with Crippen molar-refractivity contribution in [3.05, 3.63) is 58.0 Å². The molecule has 0 saturated carbocycles. The van der Waals surface area contributed by atoms with Crippen molar-refractivity contribution in [1.82, 2.24) is 24.7 Å². The number of carbonyl (C=O) groups excluding carboxylic acids is 2. The van der Waals surface area contributed by atoms with Crippen molar-refractivity contribution in [3.8, 4) is 0 Å². The highest BCUT2D eigenvalue weighted by Crippen LogP contribution is 2.45. The van der Waals surface area contributed by atoms with Crippen LogP contribution in [0.25, 0.3) is 0 Å². The number of amides is 3. The van der Waals surface area contributed by atoms with Crippen LogP contribution in [0.4, 0.5) is 9.18 Å². The van der Waals surface area contributed by atoms with Gasteiger partial charge in [0.25, 0.3) is 5.91 Å². The number of hydrogen-bond acceptors (Lipinski definition) is 3. The Bertz CT molecular complexity index is 968. The molecule has 0 bridgehead atoms. The minimum Gasteiger partial charge on any atom is -0.337 e. The monoisotopic (exact) mass is 387 g/mol. The molecular formula is C19H22FN5O3. The zero-order chi connectivity index (χ0) is 20.0. The third-order valence-corrected chi connectivity index (χ3v) is 5.60. The number of nitrogens with one attached hydrogen (secondary N) is 2. The van der Waals surface area contributed by atoms with E-state index in [0.717, 1.165) is 5.56 Å². The molecule has 2 N–H and O–H groups in total. The van der Waals surface area contributed by atoms with Gasteiger partial charge in [-0.05, 0) is 17.7 Å². The van der Waals surface area contributed by atoms with Gasteiger partial charge in [-0.25, -0.2) is 14.0 Å². The maximum absolute atomic E-state index is 13.9. The second kappa shape index (κ2) is 6.81. The molecule has 0 unspecified atom stereocenters. The first-order valence-electron chi connectivity index (χ1n) is 9.15. The second-order valence-electron chi connectivity index (χ2n) is 7.62. The Kier molecular flexibility index (Phi) is 4.44. The predicted octanol–water partition coefficient (Wildman–Crippen LogP) is 1.27. The Morgan fingerprint density at radius 3 is 2.64 bits per heavy atom. The summed E-state index contributed by atoms with van der Waals surface area (Å²) in [5.41, 5.74) is 0.517. The summed E-state index contributed by atoms with van der Waals surface area (Å²) in [6.45, 7) is 1.42. The van der Waals surface area contributed by atoms with Crippen molar-refractivity contribution < 1.29 is 14.0 Å². The zero-order valence-electron chi connectivity index (χ0n) is 15.7. The molecule has 3 heterocycles. The lowest BCUT2D eigenvalue weighted by atomic mass is 9.89. The van der Waals surface area contributed by atoms with Gasteiger partial charge < -0.3 is 24.7 Å². The number of halogens is 1. The summed E-state index contributed by atoms with van der Waals surface area (Å²) in [6, 6.07) is 5.85. The molecule has 4 rings (SSSR count). The van der Waals surface area contributed by atoms with Crippen molar-refractivity contribution >= 4 is 11.9 Å². The van der Waals surface area contributed by atoms with E-state index in [-0.39, 0.29) is 41.3 Å². The topological polar surface area (TPSA) is 92.5 Å². The first kappa shape index (κ1) is 18.3. The maximum Gasteiger partial charge on any atom is 0.323 e. The normalized spacial score (nSPS) is 23.8. The van der Waals surface area contributed by atoms with E-state index in [0.29, 0.717) is 19.6 Å². The largest absolute Gasteiger partial charge is 0.337 e. The highest BCUT2D eigenvalue weighted by molar-refractivity contribution is 5.92. The fourth-order valence-electron chi connectivity index (χ4n) is 4.40. The highest BCUT2D eigenvalue weighted by atomic mass is 19.1. The van der Waals surface area contributed by atoms with Crippen molar-refractivity contribution in [2.24, 2.45) is 11.8 Å². The Morgan fingerprint density at radius 2 is 2.00 bits per heavy atom. The number of likely N-dealkylation sites (tertiary alicyclic amines) is 2. The van der Waals surface area contributed by atoms with E-state index in [4.69, 9.17) is 0 Å². The SMILES string of the molecule is CN(C)C(=O)N1C[C@H]2CN(C(=O)c3c[nH]c(=O)[nH]3)C[C@H]2[C@H]1c1cccc(F)c1. The number of benzene rings is 1. The lowest BCUT2D eigenvalue weighted by molar-refractivity contribution is 0.0761. The quantitative estimate of drug-likeness (QED) is 0.813. The van der Waals surface area contributed by atoms with Crippen LogP contribution in [0.2, 0.25) is 0 Å². The Labute approximate surface area is 160 Å². The lowest BCUT2D eigenvalue weighted by Crippen LogP contribution is -2.42. The van der Waals surface area contributed by atoms with Gasteiger partial charge in [-0.15, -0.1) is 0 Å². The number of fused-ring (bicyclic) bond motifs is 1. The number of aromatic nitrogens is 2. The Balaban J connectivity index is 1.62. The van der Waals surface area contributed by atoms with E-state index in [1.54, 1.807) is 30.0 Å². The number of urea groups is 1. The third kappa shape index (κ3) is 3.06. The smallest absolute Gasteiger partial charge is 0.323 e. The number of nitrogens with zero attached hydrogens (tertiary/aromatic N) is 3. The number of hydrogen-bond donors (Lipinski definition) is 2. The third-order valence-electron chi connectivity index (χ3n) is 5.60. The second-order valence-corrected chi connectivity index (χ2v) is 7.62. The molecule has 1 aromatic carbocycles. The first-order valence-corrected chi connectivity index (χ1v) is 9.15.